The van der Waals surface area contributed by atoms with Gasteiger partial charge in [0.05, 0.1) is 6.42 Å². The van der Waals surface area contributed by atoms with E-state index in [9.17, 15) is 9.59 Å². The third kappa shape index (κ3) is 2.48. The molecule has 2 aromatic heterocycles. The van der Waals surface area contributed by atoms with Gasteiger partial charge in [-0.05, 0) is 29.6 Å². The van der Waals surface area contributed by atoms with Crippen molar-refractivity contribution in [3.63, 3.8) is 0 Å². The molecule has 2 N–H and O–H groups in total. The summed E-state index contributed by atoms with van der Waals surface area (Å²) < 4.78 is 0. The van der Waals surface area contributed by atoms with E-state index >= 15 is 0 Å². The Labute approximate surface area is 119 Å². The number of hydrogen-bond donors (Lipinski definition) is 2. The third-order valence-electron chi connectivity index (χ3n) is 3.00. The molecule has 0 fully saturated rings. The van der Waals surface area contributed by atoms with Gasteiger partial charge in [-0.15, -0.1) is 11.3 Å². The Balaban J connectivity index is 1.89. The van der Waals surface area contributed by atoms with Crippen LogP contribution in [-0.4, -0.2) is 10.9 Å². The van der Waals surface area contributed by atoms with Gasteiger partial charge in [0.15, 0.2) is 0 Å². The summed E-state index contributed by atoms with van der Waals surface area (Å²) in [5.74, 6) is -0.0831. The van der Waals surface area contributed by atoms with Gasteiger partial charge in [-0.25, -0.2) is 0 Å². The number of rotatable bonds is 3. The van der Waals surface area contributed by atoms with Crippen LogP contribution in [0.1, 0.15) is 4.88 Å². The SMILES string of the molecule is O=C(Cc1cccs1)Nc1cccc2c(=O)[nH]ccc12. The van der Waals surface area contributed by atoms with Crippen LogP contribution < -0.4 is 10.9 Å². The summed E-state index contributed by atoms with van der Waals surface area (Å²) in [6.07, 6.45) is 1.93. The summed E-state index contributed by atoms with van der Waals surface area (Å²) in [6, 6.07) is 10.9. The predicted octanol–water partition coefficient (Wildman–Crippen LogP) is 2.77. The van der Waals surface area contributed by atoms with Crippen LogP contribution in [0.15, 0.2) is 52.8 Å². The fourth-order valence-corrected chi connectivity index (χ4v) is 2.80. The van der Waals surface area contributed by atoms with Crippen LogP contribution >= 0.6 is 11.3 Å². The Morgan fingerprint density at radius 2 is 2.05 bits per heavy atom. The lowest BCUT2D eigenvalue weighted by molar-refractivity contribution is -0.115. The number of benzene rings is 1. The Morgan fingerprint density at radius 3 is 2.85 bits per heavy atom. The molecule has 0 aliphatic carbocycles. The molecule has 0 saturated carbocycles. The highest BCUT2D eigenvalue weighted by atomic mass is 32.1. The number of anilines is 1. The quantitative estimate of drug-likeness (QED) is 0.777. The van der Waals surface area contributed by atoms with Crippen LogP contribution in [0.25, 0.3) is 10.8 Å². The molecule has 0 atom stereocenters. The average Bonchev–Trinajstić information content (AvgIpc) is 2.93. The van der Waals surface area contributed by atoms with Crippen molar-refractivity contribution in [3.05, 3.63) is 63.2 Å². The summed E-state index contributed by atoms with van der Waals surface area (Å²) >= 11 is 1.55. The van der Waals surface area contributed by atoms with Crippen molar-refractivity contribution in [1.82, 2.24) is 4.98 Å². The fourth-order valence-electron chi connectivity index (χ4n) is 2.10. The maximum atomic E-state index is 12.0. The molecule has 3 rings (SSSR count). The zero-order chi connectivity index (χ0) is 13.9. The Hall–Kier alpha value is -2.40. The minimum absolute atomic E-state index is 0.0831. The first-order valence-electron chi connectivity index (χ1n) is 6.17. The standard InChI is InChI=1S/C15H12N2O2S/c18-14(9-10-3-2-8-20-10)17-13-5-1-4-12-11(13)6-7-16-15(12)19/h1-8H,9H2,(H,16,19)(H,17,18). The lowest BCUT2D eigenvalue weighted by atomic mass is 10.1. The van der Waals surface area contributed by atoms with Crippen LogP contribution in [0, 0.1) is 0 Å². The first-order valence-corrected chi connectivity index (χ1v) is 7.04. The van der Waals surface area contributed by atoms with Crippen molar-refractivity contribution in [3.8, 4) is 0 Å². The number of hydrogen-bond acceptors (Lipinski definition) is 3. The molecule has 4 nitrogen and oxygen atoms in total. The highest BCUT2D eigenvalue weighted by Crippen LogP contribution is 2.20. The van der Waals surface area contributed by atoms with Crippen LogP contribution in [0.4, 0.5) is 5.69 Å². The van der Waals surface area contributed by atoms with Crippen molar-refractivity contribution in [2.45, 2.75) is 6.42 Å². The maximum absolute atomic E-state index is 12.0. The van der Waals surface area contributed by atoms with Crippen LogP contribution in [0.5, 0.6) is 0 Å². The van der Waals surface area contributed by atoms with E-state index in [0.717, 1.165) is 10.3 Å². The number of thiophene rings is 1. The molecule has 0 bridgehead atoms. The molecule has 100 valence electrons. The number of pyridine rings is 1. The zero-order valence-electron chi connectivity index (χ0n) is 10.6. The molecule has 20 heavy (non-hydrogen) atoms. The van der Waals surface area contributed by atoms with E-state index in [-0.39, 0.29) is 11.5 Å². The normalized spacial score (nSPS) is 10.6. The first kappa shape index (κ1) is 12.6. The van der Waals surface area contributed by atoms with Gasteiger partial charge in [-0.3, -0.25) is 9.59 Å². The van der Waals surface area contributed by atoms with Crippen LogP contribution in [0.3, 0.4) is 0 Å². The van der Waals surface area contributed by atoms with E-state index in [1.165, 1.54) is 0 Å². The van der Waals surface area contributed by atoms with Gasteiger partial charge in [0, 0.05) is 27.5 Å². The van der Waals surface area contributed by atoms with E-state index in [1.54, 1.807) is 41.8 Å². The number of H-pyrrole nitrogens is 1. The van der Waals surface area contributed by atoms with Gasteiger partial charge >= 0.3 is 0 Å². The molecule has 0 unspecified atom stereocenters. The number of fused-ring (bicyclic) bond motifs is 1. The van der Waals surface area contributed by atoms with Gasteiger partial charge < -0.3 is 10.3 Å². The first-order chi connectivity index (χ1) is 9.74. The largest absolute Gasteiger partial charge is 0.329 e. The number of amides is 1. The minimum atomic E-state index is -0.156. The summed E-state index contributed by atoms with van der Waals surface area (Å²) in [5.41, 5.74) is 0.506. The van der Waals surface area contributed by atoms with E-state index in [2.05, 4.69) is 10.3 Å². The molecule has 0 aliphatic rings. The van der Waals surface area contributed by atoms with Crippen LogP contribution in [-0.2, 0) is 11.2 Å². The molecule has 1 aromatic carbocycles. The highest BCUT2D eigenvalue weighted by molar-refractivity contribution is 7.10. The van der Waals surface area contributed by atoms with Crippen LogP contribution in [0.2, 0.25) is 0 Å². The van der Waals surface area contributed by atoms with Gasteiger partial charge in [0.2, 0.25) is 5.91 Å². The molecular formula is C15H12N2O2S. The fraction of sp³-hybridized carbons (Fsp3) is 0.0667. The molecule has 3 aromatic rings. The number of aromatic amines is 1. The van der Waals surface area contributed by atoms with Gasteiger partial charge in [-0.1, -0.05) is 12.1 Å². The second-order valence-corrected chi connectivity index (χ2v) is 5.41. The second kappa shape index (κ2) is 5.30. The number of carbonyl (C=O) groups is 1. The highest BCUT2D eigenvalue weighted by Gasteiger charge is 2.08. The predicted molar refractivity (Wildman–Crippen MR) is 81.2 cm³/mol. The molecule has 1 amide bonds. The average molecular weight is 284 g/mol. The second-order valence-electron chi connectivity index (χ2n) is 4.38. The van der Waals surface area contributed by atoms with Gasteiger partial charge in [-0.2, -0.15) is 0 Å². The van der Waals surface area contributed by atoms with E-state index in [1.807, 2.05) is 17.5 Å². The van der Waals surface area contributed by atoms with Gasteiger partial charge in [0.25, 0.3) is 5.56 Å². The smallest absolute Gasteiger partial charge is 0.255 e. The van der Waals surface area contributed by atoms with E-state index < -0.39 is 0 Å². The summed E-state index contributed by atoms with van der Waals surface area (Å²) in [7, 11) is 0. The van der Waals surface area contributed by atoms with Gasteiger partial charge in [0.1, 0.15) is 0 Å². The van der Waals surface area contributed by atoms with E-state index in [4.69, 9.17) is 0 Å². The Kier molecular flexibility index (Phi) is 3.35. The Morgan fingerprint density at radius 1 is 1.15 bits per heavy atom. The number of aromatic nitrogens is 1. The minimum Gasteiger partial charge on any atom is -0.329 e. The monoisotopic (exact) mass is 284 g/mol. The number of carbonyl (C=O) groups excluding carboxylic acids is 1. The Bertz CT molecular complexity index is 806. The van der Waals surface area contributed by atoms with Crippen molar-refractivity contribution in [2.24, 2.45) is 0 Å². The molecular weight excluding hydrogens is 272 g/mol. The summed E-state index contributed by atoms with van der Waals surface area (Å²) in [5, 5.41) is 6.13. The van der Waals surface area contributed by atoms with Crippen molar-refractivity contribution in [2.75, 3.05) is 5.32 Å². The topological polar surface area (TPSA) is 62.0 Å². The maximum Gasteiger partial charge on any atom is 0.255 e. The molecule has 0 spiro atoms. The van der Waals surface area contributed by atoms with Crippen molar-refractivity contribution < 1.29 is 4.79 Å². The molecule has 2 heterocycles. The molecule has 0 radical (unpaired) electrons. The zero-order valence-corrected chi connectivity index (χ0v) is 11.4. The number of nitrogens with one attached hydrogen (secondary N) is 2. The summed E-state index contributed by atoms with van der Waals surface area (Å²) in [6.45, 7) is 0. The third-order valence-corrected chi connectivity index (χ3v) is 3.88. The van der Waals surface area contributed by atoms with E-state index in [0.29, 0.717) is 17.5 Å². The summed E-state index contributed by atoms with van der Waals surface area (Å²) in [4.78, 5) is 27.4. The lowest BCUT2D eigenvalue weighted by Gasteiger charge is -2.07. The van der Waals surface area contributed by atoms with Crippen molar-refractivity contribution >= 4 is 33.7 Å². The molecule has 0 aliphatic heterocycles. The molecule has 5 heteroatoms. The van der Waals surface area contributed by atoms with Crippen molar-refractivity contribution in [1.29, 1.82) is 0 Å². The molecule has 0 saturated heterocycles. The lowest BCUT2D eigenvalue weighted by Crippen LogP contribution is -2.14.